The monoisotopic (exact) mass is 221 g/mol. The maximum atomic E-state index is 11.8. The zero-order valence-electron chi connectivity index (χ0n) is 9.55. The first-order chi connectivity index (χ1) is 7.56. The van der Waals surface area contributed by atoms with Crippen molar-refractivity contribution >= 4 is 18.5 Å². The van der Waals surface area contributed by atoms with Crippen LogP contribution in [0.25, 0.3) is 0 Å². The topological polar surface area (TPSA) is 60.8 Å². The molecule has 1 aromatic rings. The summed E-state index contributed by atoms with van der Waals surface area (Å²) in [7, 11) is 0.262. The molecule has 0 aliphatic carbocycles. The fourth-order valence-electron chi connectivity index (χ4n) is 1.46. The van der Waals surface area contributed by atoms with Crippen molar-refractivity contribution in [3.63, 3.8) is 0 Å². The summed E-state index contributed by atoms with van der Waals surface area (Å²) in [6.07, 6.45) is 0.912. The normalized spacial score (nSPS) is 10.0. The van der Waals surface area contributed by atoms with Crippen molar-refractivity contribution in [3.05, 3.63) is 29.8 Å². The highest BCUT2D eigenvalue weighted by Crippen LogP contribution is 2.02. The second-order valence-corrected chi connectivity index (χ2v) is 3.72. The standard InChI is InChI=1S/C11H16BNO3/c1-3-8-13(2)11(14)9-4-6-10(7-5-9)12(15)16/h4-7,15-16H,3,8H2,1-2H3. The molecule has 4 nitrogen and oxygen atoms in total. The number of amides is 1. The van der Waals surface area contributed by atoms with Crippen LogP contribution in [0.5, 0.6) is 0 Å². The van der Waals surface area contributed by atoms with E-state index in [4.69, 9.17) is 10.0 Å². The van der Waals surface area contributed by atoms with Gasteiger partial charge in [0.2, 0.25) is 0 Å². The van der Waals surface area contributed by atoms with Crippen molar-refractivity contribution in [2.45, 2.75) is 13.3 Å². The van der Waals surface area contributed by atoms with Crippen LogP contribution >= 0.6 is 0 Å². The van der Waals surface area contributed by atoms with Crippen LogP contribution in [0.4, 0.5) is 0 Å². The lowest BCUT2D eigenvalue weighted by Gasteiger charge is -2.16. The Hall–Kier alpha value is -1.33. The summed E-state index contributed by atoms with van der Waals surface area (Å²) in [5.74, 6) is -0.0548. The van der Waals surface area contributed by atoms with E-state index in [9.17, 15) is 4.79 Å². The number of carbonyl (C=O) groups is 1. The van der Waals surface area contributed by atoms with Crippen LogP contribution in [0.3, 0.4) is 0 Å². The number of benzene rings is 1. The number of rotatable bonds is 4. The molecule has 86 valence electrons. The van der Waals surface area contributed by atoms with Gasteiger partial charge in [-0.05, 0) is 24.0 Å². The molecule has 1 aromatic carbocycles. The molecule has 1 amide bonds. The number of hydrogen-bond acceptors (Lipinski definition) is 3. The molecule has 0 unspecified atom stereocenters. The second-order valence-electron chi connectivity index (χ2n) is 3.72. The molecule has 0 heterocycles. The molecule has 2 N–H and O–H groups in total. The van der Waals surface area contributed by atoms with E-state index < -0.39 is 7.12 Å². The molecule has 5 heteroatoms. The van der Waals surface area contributed by atoms with Gasteiger partial charge >= 0.3 is 7.12 Å². The van der Waals surface area contributed by atoms with E-state index in [1.807, 2.05) is 6.92 Å². The van der Waals surface area contributed by atoms with Gasteiger partial charge in [-0.2, -0.15) is 0 Å². The lowest BCUT2D eigenvalue weighted by atomic mass is 9.80. The minimum absolute atomic E-state index is 0.0548. The molecular formula is C11H16BNO3. The van der Waals surface area contributed by atoms with Gasteiger partial charge in [-0.3, -0.25) is 4.79 Å². The van der Waals surface area contributed by atoms with Crippen molar-refractivity contribution in [1.29, 1.82) is 0 Å². The minimum atomic E-state index is -1.49. The predicted octanol–water partition coefficient (Wildman–Crippen LogP) is -0.152. The van der Waals surface area contributed by atoms with Crippen molar-refractivity contribution in [2.24, 2.45) is 0 Å². The van der Waals surface area contributed by atoms with Gasteiger partial charge < -0.3 is 14.9 Å². The number of hydrogen-bond donors (Lipinski definition) is 2. The van der Waals surface area contributed by atoms with E-state index in [1.54, 1.807) is 24.1 Å². The summed E-state index contributed by atoms with van der Waals surface area (Å²) in [6.45, 7) is 2.72. The Morgan fingerprint density at radius 1 is 1.31 bits per heavy atom. The van der Waals surface area contributed by atoms with E-state index in [1.165, 1.54) is 12.1 Å². The molecule has 1 rings (SSSR count). The van der Waals surface area contributed by atoms with Crippen LogP contribution in [0.2, 0.25) is 0 Å². The van der Waals surface area contributed by atoms with E-state index in [0.29, 0.717) is 17.6 Å². The highest BCUT2D eigenvalue weighted by molar-refractivity contribution is 6.58. The molecule has 0 fully saturated rings. The van der Waals surface area contributed by atoms with Crippen LogP contribution in [0, 0.1) is 0 Å². The van der Waals surface area contributed by atoms with Crippen molar-refractivity contribution < 1.29 is 14.8 Å². The van der Waals surface area contributed by atoms with Crippen LogP contribution in [-0.2, 0) is 0 Å². The Labute approximate surface area is 95.7 Å². The molecular weight excluding hydrogens is 205 g/mol. The van der Waals surface area contributed by atoms with Crippen LogP contribution in [0.1, 0.15) is 23.7 Å². The maximum Gasteiger partial charge on any atom is 0.488 e. The van der Waals surface area contributed by atoms with Gasteiger partial charge in [-0.15, -0.1) is 0 Å². The molecule has 0 bridgehead atoms. The SMILES string of the molecule is CCCN(C)C(=O)c1ccc(B(O)O)cc1. The zero-order chi connectivity index (χ0) is 12.1. The van der Waals surface area contributed by atoms with Gasteiger partial charge in [0.25, 0.3) is 5.91 Å². The third kappa shape index (κ3) is 3.08. The first-order valence-corrected chi connectivity index (χ1v) is 5.27. The molecule has 0 saturated heterocycles. The Morgan fingerprint density at radius 2 is 1.88 bits per heavy atom. The molecule has 16 heavy (non-hydrogen) atoms. The van der Waals surface area contributed by atoms with Gasteiger partial charge in [0, 0.05) is 19.2 Å². The maximum absolute atomic E-state index is 11.8. The fourth-order valence-corrected chi connectivity index (χ4v) is 1.46. The van der Waals surface area contributed by atoms with E-state index in [-0.39, 0.29) is 5.91 Å². The van der Waals surface area contributed by atoms with Crippen molar-refractivity contribution in [3.8, 4) is 0 Å². The minimum Gasteiger partial charge on any atom is -0.423 e. The first kappa shape index (κ1) is 12.7. The highest BCUT2D eigenvalue weighted by Gasteiger charge is 2.13. The number of carbonyl (C=O) groups excluding carboxylic acids is 1. The third-order valence-corrected chi connectivity index (χ3v) is 2.36. The van der Waals surface area contributed by atoms with Gasteiger partial charge in [0.1, 0.15) is 0 Å². The van der Waals surface area contributed by atoms with Crippen LogP contribution < -0.4 is 5.46 Å². The first-order valence-electron chi connectivity index (χ1n) is 5.27. The Balaban J connectivity index is 2.77. The second kappa shape index (κ2) is 5.68. The summed E-state index contributed by atoms with van der Waals surface area (Å²) in [5.41, 5.74) is 0.940. The summed E-state index contributed by atoms with van der Waals surface area (Å²) in [4.78, 5) is 13.5. The summed E-state index contributed by atoms with van der Waals surface area (Å²) < 4.78 is 0. The van der Waals surface area contributed by atoms with Gasteiger partial charge in [-0.25, -0.2) is 0 Å². The molecule has 0 aliphatic heterocycles. The van der Waals surface area contributed by atoms with E-state index in [0.717, 1.165) is 6.42 Å². The third-order valence-electron chi connectivity index (χ3n) is 2.36. The fraction of sp³-hybridized carbons (Fsp3) is 0.364. The highest BCUT2D eigenvalue weighted by atomic mass is 16.4. The predicted molar refractivity (Wildman–Crippen MR) is 63.5 cm³/mol. The number of nitrogens with zero attached hydrogens (tertiary/aromatic N) is 1. The van der Waals surface area contributed by atoms with Crippen molar-refractivity contribution in [2.75, 3.05) is 13.6 Å². The van der Waals surface area contributed by atoms with Gasteiger partial charge in [-0.1, -0.05) is 19.1 Å². The Kier molecular flexibility index (Phi) is 4.52. The summed E-state index contributed by atoms with van der Waals surface area (Å²) >= 11 is 0. The lowest BCUT2D eigenvalue weighted by molar-refractivity contribution is 0.0795. The summed E-state index contributed by atoms with van der Waals surface area (Å²) in [5, 5.41) is 17.8. The molecule has 0 radical (unpaired) electrons. The van der Waals surface area contributed by atoms with Crippen molar-refractivity contribution in [1.82, 2.24) is 4.90 Å². The molecule has 0 aliphatic rings. The van der Waals surface area contributed by atoms with Gasteiger partial charge in [0.15, 0.2) is 0 Å². The average molecular weight is 221 g/mol. The smallest absolute Gasteiger partial charge is 0.423 e. The van der Waals surface area contributed by atoms with Crippen LogP contribution in [-0.4, -0.2) is 41.6 Å². The molecule has 0 atom stereocenters. The zero-order valence-corrected chi connectivity index (χ0v) is 9.55. The van der Waals surface area contributed by atoms with Crippen LogP contribution in [0.15, 0.2) is 24.3 Å². The summed E-state index contributed by atoms with van der Waals surface area (Å²) in [6, 6.07) is 6.28. The molecule has 0 saturated carbocycles. The largest absolute Gasteiger partial charge is 0.488 e. The average Bonchev–Trinajstić information content (AvgIpc) is 2.28. The Bertz CT molecular complexity index is 351. The lowest BCUT2D eigenvalue weighted by Crippen LogP contribution is -2.31. The molecule has 0 aromatic heterocycles. The quantitative estimate of drug-likeness (QED) is 0.695. The Morgan fingerprint density at radius 3 is 2.31 bits per heavy atom. The van der Waals surface area contributed by atoms with E-state index >= 15 is 0 Å². The van der Waals surface area contributed by atoms with Gasteiger partial charge in [0.05, 0.1) is 0 Å². The van der Waals surface area contributed by atoms with E-state index in [2.05, 4.69) is 0 Å². The molecule has 0 spiro atoms.